The van der Waals surface area contributed by atoms with Crippen LogP contribution in [0.5, 0.6) is 5.75 Å². The minimum absolute atomic E-state index is 0.208. The third kappa shape index (κ3) is 1.80. The summed E-state index contributed by atoms with van der Waals surface area (Å²) < 4.78 is 19.1. The highest BCUT2D eigenvalue weighted by atomic mass is 19.1. The first-order valence-corrected chi connectivity index (χ1v) is 5.78. The molecule has 1 nitrogen and oxygen atoms in total. The van der Waals surface area contributed by atoms with E-state index in [0.717, 1.165) is 23.3 Å². The Labute approximate surface area is 99.9 Å². The molecule has 17 heavy (non-hydrogen) atoms. The molecule has 1 aliphatic rings. The second-order valence-corrected chi connectivity index (χ2v) is 4.44. The molecule has 2 aromatic carbocycles. The second kappa shape index (κ2) is 3.88. The topological polar surface area (TPSA) is 9.23 Å². The van der Waals surface area contributed by atoms with Crippen LogP contribution < -0.4 is 4.74 Å². The zero-order valence-corrected chi connectivity index (χ0v) is 9.61. The Kier molecular flexibility index (Phi) is 2.36. The molecule has 1 aliphatic heterocycles. The van der Waals surface area contributed by atoms with Crippen molar-refractivity contribution < 1.29 is 9.13 Å². The fraction of sp³-hybridized carbons (Fsp3) is 0.200. The molecule has 0 aliphatic carbocycles. The van der Waals surface area contributed by atoms with Crippen LogP contribution in [0, 0.1) is 5.82 Å². The SMILES string of the molecule is CC1Cc2cccc(-c3cccc(F)c3)c2O1. The van der Waals surface area contributed by atoms with E-state index in [-0.39, 0.29) is 11.9 Å². The van der Waals surface area contributed by atoms with Gasteiger partial charge in [-0.3, -0.25) is 0 Å². The molecule has 0 saturated carbocycles. The number of hydrogen-bond donors (Lipinski definition) is 0. The van der Waals surface area contributed by atoms with Crippen molar-refractivity contribution in [1.82, 2.24) is 0 Å². The van der Waals surface area contributed by atoms with Crippen LogP contribution in [0.25, 0.3) is 11.1 Å². The highest BCUT2D eigenvalue weighted by molar-refractivity contribution is 5.73. The molecule has 2 heteroatoms. The Morgan fingerprint density at radius 3 is 2.82 bits per heavy atom. The molecule has 0 fully saturated rings. The molecule has 2 aromatic rings. The summed E-state index contributed by atoms with van der Waals surface area (Å²) in [6.07, 6.45) is 1.14. The third-order valence-corrected chi connectivity index (χ3v) is 3.06. The summed E-state index contributed by atoms with van der Waals surface area (Å²) in [4.78, 5) is 0. The van der Waals surface area contributed by atoms with Crippen molar-refractivity contribution in [2.24, 2.45) is 0 Å². The van der Waals surface area contributed by atoms with E-state index in [0.29, 0.717) is 0 Å². The number of halogens is 1. The average Bonchev–Trinajstić information content (AvgIpc) is 2.68. The fourth-order valence-electron chi connectivity index (χ4n) is 2.32. The van der Waals surface area contributed by atoms with Gasteiger partial charge in [-0.1, -0.05) is 30.3 Å². The Hall–Kier alpha value is -1.83. The Morgan fingerprint density at radius 2 is 2.00 bits per heavy atom. The van der Waals surface area contributed by atoms with Gasteiger partial charge in [-0.05, 0) is 30.2 Å². The Morgan fingerprint density at radius 1 is 1.18 bits per heavy atom. The average molecular weight is 228 g/mol. The van der Waals surface area contributed by atoms with Gasteiger partial charge in [-0.2, -0.15) is 0 Å². The normalized spacial score (nSPS) is 17.6. The van der Waals surface area contributed by atoms with Gasteiger partial charge in [0.15, 0.2) is 0 Å². The predicted molar refractivity (Wildman–Crippen MR) is 65.6 cm³/mol. The lowest BCUT2D eigenvalue weighted by Gasteiger charge is -2.09. The van der Waals surface area contributed by atoms with E-state index in [2.05, 4.69) is 13.0 Å². The molecule has 86 valence electrons. The number of hydrogen-bond acceptors (Lipinski definition) is 1. The summed E-state index contributed by atoms with van der Waals surface area (Å²) in [5.41, 5.74) is 3.06. The fourth-order valence-corrected chi connectivity index (χ4v) is 2.32. The highest BCUT2D eigenvalue weighted by Crippen LogP contribution is 2.38. The molecule has 0 N–H and O–H groups in total. The van der Waals surface area contributed by atoms with Crippen LogP contribution in [0.4, 0.5) is 4.39 Å². The van der Waals surface area contributed by atoms with Gasteiger partial charge in [0, 0.05) is 12.0 Å². The van der Waals surface area contributed by atoms with Gasteiger partial charge in [-0.15, -0.1) is 0 Å². The summed E-state index contributed by atoms with van der Waals surface area (Å²) in [6, 6.07) is 12.7. The molecule has 0 saturated heterocycles. The minimum atomic E-state index is -0.217. The molecular formula is C15H13FO. The van der Waals surface area contributed by atoms with Crippen LogP contribution >= 0.6 is 0 Å². The third-order valence-electron chi connectivity index (χ3n) is 3.06. The maximum Gasteiger partial charge on any atom is 0.130 e. The Balaban J connectivity index is 2.14. The van der Waals surface area contributed by atoms with Gasteiger partial charge in [0.2, 0.25) is 0 Å². The van der Waals surface area contributed by atoms with E-state index in [1.807, 2.05) is 18.2 Å². The van der Waals surface area contributed by atoms with Crippen molar-refractivity contribution in [3.63, 3.8) is 0 Å². The van der Waals surface area contributed by atoms with E-state index in [1.165, 1.54) is 11.6 Å². The maximum atomic E-state index is 13.2. The number of rotatable bonds is 1. The van der Waals surface area contributed by atoms with Crippen LogP contribution in [0.1, 0.15) is 12.5 Å². The molecule has 0 spiro atoms. The van der Waals surface area contributed by atoms with Crippen LogP contribution in [0.3, 0.4) is 0 Å². The van der Waals surface area contributed by atoms with E-state index in [9.17, 15) is 4.39 Å². The molecule has 1 heterocycles. The van der Waals surface area contributed by atoms with E-state index < -0.39 is 0 Å². The van der Waals surface area contributed by atoms with Crippen LogP contribution in [0.2, 0.25) is 0 Å². The largest absolute Gasteiger partial charge is 0.489 e. The molecule has 3 rings (SSSR count). The molecule has 0 aromatic heterocycles. The molecule has 0 amide bonds. The summed E-state index contributed by atoms with van der Waals surface area (Å²) in [5, 5.41) is 0. The lowest BCUT2D eigenvalue weighted by molar-refractivity contribution is 0.255. The van der Waals surface area contributed by atoms with Crippen molar-refractivity contribution in [3.8, 4) is 16.9 Å². The van der Waals surface area contributed by atoms with Crippen LogP contribution in [0.15, 0.2) is 42.5 Å². The summed E-state index contributed by atoms with van der Waals surface area (Å²) in [7, 11) is 0. The van der Waals surface area contributed by atoms with E-state index in [4.69, 9.17) is 4.74 Å². The van der Waals surface area contributed by atoms with Crippen molar-refractivity contribution in [1.29, 1.82) is 0 Å². The standard InChI is InChI=1S/C15H13FO/c1-10-8-12-5-3-7-14(15(12)17-10)11-4-2-6-13(16)9-11/h2-7,9-10H,8H2,1H3. The maximum absolute atomic E-state index is 13.2. The molecule has 1 unspecified atom stereocenters. The van der Waals surface area contributed by atoms with E-state index in [1.54, 1.807) is 12.1 Å². The van der Waals surface area contributed by atoms with Crippen molar-refractivity contribution in [3.05, 3.63) is 53.8 Å². The number of ether oxygens (including phenoxy) is 1. The van der Waals surface area contributed by atoms with Gasteiger partial charge in [0.1, 0.15) is 17.7 Å². The van der Waals surface area contributed by atoms with Gasteiger partial charge in [-0.25, -0.2) is 4.39 Å². The minimum Gasteiger partial charge on any atom is -0.489 e. The Bertz CT molecular complexity index is 563. The molecule has 0 radical (unpaired) electrons. The van der Waals surface area contributed by atoms with Gasteiger partial charge in [0.25, 0.3) is 0 Å². The van der Waals surface area contributed by atoms with Crippen LogP contribution in [-0.4, -0.2) is 6.10 Å². The zero-order valence-electron chi connectivity index (χ0n) is 9.61. The molecule has 1 atom stereocenters. The summed E-state index contributed by atoms with van der Waals surface area (Å²) >= 11 is 0. The first-order chi connectivity index (χ1) is 8.24. The predicted octanol–water partition coefficient (Wildman–Crippen LogP) is 3.82. The number of benzene rings is 2. The van der Waals surface area contributed by atoms with Gasteiger partial charge in [0.05, 0.1) is 0 Å². The molecular weight excluding hydrogens is 215 g/mol. The van der Waals surface area contributed by atoms with Crippen molar-refractivity contribution in [2.75, 3.05) is 0 Å². The highest BCUT2D eigenvalue weighted by Gasteiger charge is 2.22. The smallest absolute Gasteiger partial charge is 0.130 e. The quantitative estimate of drug-likeness (QED) is 0.721. The number of fused-ring (bicyclic) bond motifs is 1. The molecule has 0 bridgehead atoms. The first kappa shape index (κ1) is 10.3. The number of para-hydroxylation sites is 1. The summed E-state index contributed by atoms with van der Waals surface area (Å²) in [6.45, 7) is 2.05. The first-order valence-electron chi connectivity index (χ1n) is 5.78. The second-order valence-electron chi connectivity index (χ2n) is 4.44. The van der Waals surface area contributed by atoms with Crippen LogP contribution in [-0.2, 0) is 6.42 Å². The van der Waals surface area contributed by atoms with E-state index >= 15 is 0 Å². The monoisotopic (exact) mass is 228 g/mol. The van der Waals surface area contributed by atoms with Gasteiger partial charge < -0.3 is 4.74 Å². The lowest BCUT2D eigenvalue weighted by atomic mass is 10.0. The van der Waals surface area contributed by atoms with Crippen molar-refractivity contribution in [2.45, 2.75) is 19.4 Å². The van der Waals surface area contributed by atoms with Gasteiger partial charge >= 0.3 is 0 Å². The van der Waals surface area contributed by atoms with Crippen molar-refractivity contribution >= 4 is 0 Å². The zero-order chi connectivity index (χ0) is 11.8. The lowest BCUT2D eigenvalue weighted by Crippen LogP contribution is -2.05. The summed E-state index contributed by atoms with van der Waals surface area (Å²) in [5.74, 6) is 0.691.